The fourth-order valence-corrected chi connectivity index (χ4v) is 4.04. The van der Waals surface area contributed by atoms with Crippen molar-refractivity contribution in [2.45, 2.75) is 51.3 Å². The van der Waals surface area contributed by atoms with Crippen molar-refractivity contribution in [3.63, 3.8) is 0 Å². The fraction of sp³-hybridized carbons (Fsp3) is 0.455. The number of anilines is 1. The number of hydrogen-bond donors (Lipinski definition) is 2. The normalized spacial score (nSPS) is 17.4. The van der Waals surface area contributed by atoms with Crippen molar-refractivity contribution in [1.29, 1.82) is 0 Å². The van der Waals surface area contributed by atoms with E-state index in [0.29, 0.717) is 30.4 Å². The molecule has 0 aromatic carbocycles. The van der Waals surface area contributed by atoms with Crippen molar-refractivity contribution >= 4 is 23.1 Å². The number of rotatable bonds is 2. The van der Waals surface area contributed by atoms with E-state index in [1.807, 2.05) is 0 Å². The van der Waals surface area contributed by atoms with Gasteiger partial charge < -0.3 is 20.4 Å². The molecule has 1 saturated heterocycles. The maximum atomic E-state index is 14.4. The Morgan fingerprint density at radius 3 is 2.70 bits per heavy atom. The van der Waals surface area contributed by atoms with Gasteiger partial charge in [0.15, 0.2) is 0 Å². The van der Waals surface area contributed by atoms with Crippen LogP contribution in [-0.2, 0) is 10.9 Å². The monoisotopic (exact) mass is 462 g/mol. The van der Waals surface area contributed by atoms with Crippen molar-refractivity contribution in [1.82, 2.24) is 24.8 Å². The summed E-state index contributed by atoms with van der Waals surface area (Å²) in [7, 11) is 0. The van der Waals surface area contributed by atoms with Gasteiger partial charge in [0.25, 0.3) is 0 Å². The van der Waals surface area contributed by atoms with Crippen LogP contribution in [-0.4, -0.2) is 49.6 Å². The first-order valence-corrected chi connectivity index (χ1v) is 10.6. The molecule has 0 aliphatic carbocycles. The van der Waals surface area contributed by atoms with Crippen molar-refractivity contribution < 1.29 is 22.7 Å². The molecular formula is C22H25F3N6O2. The van der Waals surface area contributed by atoms with Gasteiger partial charge in [0.2, 0.25) is 5.95 Å². The molecule has 4 heterocycles. The zero-order chi connectivity index (χ0) is 24.0. The average molecular weight is 462 g/mol. The summed E-state index contributed by atoms with van der Waals surface area (Å²) >= 11 is 0. The highest BCUT2D eigenvalue weighted by Gasteiger charge is 2.42. The smallest absolute Gasteiger partial charge is 0.420 e. The van der Waals surface area contributed by atoms with Gasteiger partial charge >= 0.3 is 12.3 Å². The molecule has 1 amide bonds. The molecule has 0 bridgehead atoms. The summed E-state index contributed by atoms with van der Waals surface area (Å²) in [6, 6.07) is 4.98. The summed E-state index contributed by atoms with van der Waals surface area (Å²) in [5.41, 5.74) is 4.22. The number of carbonyl (C=O) groups excluding carboxylic acids is 1. The number of aromatic amines is 1. The predicted molar refractivity (Wildman–Crippen MR) is 116 cm³/mol. The zero-order valence-electron chi connectivity index (χ0n) is 18.5. The number of amides is 1. The van der Waals surface area contributed by atoms with Gasteiger partial charge in [-0.2, -0.15) is 13.2 Å². The van der Waals surface area contributed by atoms with Crippen molar-refractivity contribution in [2.75, 3.05) is 18.8 Å². The van der Waals surface area contributed by atoms with Crippen molar-refractivity contribution in [2.24, 2.45) is 0 Å². The quantitative estimate of drug-likeness (QED) is 0.570. The number of likely N-dealkylation sites (tertiary alicyclic amines) is 1. The van der Waals surface area contributed by atoms with Gasteiger partial charge in [0.05, 0.1) is 11.4 Å². The Morgan fingerprint density at radius 1 is 1.27 bits per heavy atom. The number of halogens is 3. The van der Waals surface area contributed by atoms with Crippen LogP contribution in [0.5, 0.6) is 0 Å². The lowest BCUT2D eigenvalue weighted by atomic mass is 9.90. The Bertz CT molecular complexity index is 1150. The minimum absolute atomic E-state index is 0.0438. The molecule has 0 spiro atoms. The van der Waals surface area contributed by atoms with E-state index in [2.05, 4.69) is 19.9 Å². The second-order valence-corrected chi connectivity index (χ2v) is 9.08. The van der Waals surface area contributed by atoms with Crippen LogP contribution in [0.3, 0.4) is 0 Å². The third-order valence-corrected chi connectivity index (χ3v) is 5.34. The second kappa shape index (κ2) is 8.20. The van der Waals surface area contributed by atoms with Crippen LogP contribution in [0.4, 0.5) is 23.9 Å². The van der Waals surface area contributed by atoms with Gasteiger partial charge in [-0.15, -0.1) is 0 Å². The molecule has 1 aliphatic heterocycles. The van der Waals surface area contributed by atoms with E-state index in [9.17, 15) is 18.0 Å². The van der Waals surface area contributed by atoms with Crippen LogP contribution < -0.4 is 5.73 Å². The van der Waals surface area contributed by atoms with Crippen LogP contribution in [0, 0.1) is 0 Å². The van der Waals surface area contributed by atoms with E-state index in [1.165, 1.54) is 4.90 Å². The molecule has 1 atom stereocenters. The number of alkyl halides is 3. The van der Waals surface area contributed by atoms with Crippen LogP contribution in [0.2, 0.25) is 0 Å². The molecule has 176 valence electrons. The third-order valence-electron chi connectivity index (χ3n) is 5.34. The third kappa shape index (κ3) is 4.86. The van der Waals surface area contributed by atoms with Gasteiger partial charge in [-0.25, -0.2) is 19.7 Å². The summed E-state index contributed by atoms with van der Waals surface area (Å²) < 4.78 is 48.5. The number of nitrogens with zero attached hydrogens (tertiary/aromatic N) is 4. The molecule has 33 heavy (non-hydrogen) atoms. The maximum absolute atomic E-state index is 14.4. The molecule has 3 aromatic heterocycles. The Hall–Kier alpha value is -3.37. The molecule has 3 aromatic rings. The number of fused-ring (bicyclic) bond motifs is 1. The maximum Gasteiger partial charge on any atom is 0.420 e. The summed E-state index contributed by atoms with van der Waals surface area (Å²) in [6.07, 6.45) is -2.83. The number of piperidine rings is 1. The van der Waals surface area contributed by atoms with E-state index in [-0.39, 0.29) is 29.6 Å². The largest absolute Gasteiger partial charge is 0.444 e. The lowest BCUT2D eigenvalue weighted by Gasteiger charge is -2.34. The molecule has 1 aliphatic rings. The summed E-state index contributed by atoms with van der Waals surface area (Å²) in [4.78, 5) is 29.0. The Morgan fingerprint density at radius 2 is 2.03 bits per heavy atom. The van der Waals surface area contributed by atoms with Crippen molar-refractivity contribution in [3.8, 4) is 11.4 Å². The number of hydrogen-bond acceptors (Lipinski definition) is 6. The number of nitrogen functional groups attached to an aromatic ring is 1. The van der Waals surface area contributed by atoms with E-state index >= 15 is 0 Å². The number of nitrogens with two attached hydrogens (primary N) is 1. The first-order valence-electron chi connectivity index (χ1n) is 10.6. The molecular weight excluding hydrogens is 437 g/mol. The molecule has 8 nitrogen and oxygen atoms in total. The summed E-state index contributed by atoms with van der Waals surface area (Å²) in [6.45, 7) is 5.65. The molecule has 1 unspecified atom stereocenters. The minimum Gasteiger partial charge on any atom is -0.444 e. The van der Waals surface area contributed by atoms with Crippen LogP contribution in [0.1, 0.15) is 50.8 Å². The average Bonchev–Trinajstić information content (AvgIpc) is 3.15. The first kappa shape index (κ1) is 22.8. The van der Waals surface area contributed by atoms with Crippen molar-refractivity contribution in [3.05, 3.63) is 35.7 Å². The van der Waals surface area contributed by atoms with Gasteiger partial charge in [-0.1, -0.05) is 0 Å². The number of carbonyl (C=O) groups is 1. The molecule has 0 radical (unpaired) electrons. The predicted octanol–water partition coefficient (Wildman–Crippen LogP) is 4.74. The highest BCUT2D eigenvalue weighted by molar-refractivity contribution is 5.83. The lowest BCUT2D eigenvalue weighted by molar-refractivity contribution is -0.138. The number of ether oxygens (including phenoxy) is 1. The van der Waals surface area contributed by atoms with Gasteiger partial charge in [0, 0.05) is 30.6 Å². The molecule has 3 N–H and O–H groups in total. The van der Waals surface area contributed by atoms with Gasteiger partial charge in [0.1, 0.15) is 22.5 Å². The van der Waals surface area contributed by atoms with Crippen LogP contribution in [0.25, 0.3) is 22.4 Å². The Balaban J connectivity index is 1.77. The molecule has 1 fully saturated rings. The van der Waals surface area contributed by atoms with E-state index in [1.54, 1.807) is 45.2 Å². The zero-order valence-corrected chi connectivity index (χ0v) is 18.5. The first-order chi connectivity index (χ1) is 15.4. The Labute approximate surface area is 188 Å². The molecule has 0 saturated carbocycles. The summed E-state index contributed by atoms with van der Waals surface area (Å²) in [5.74, 6) is -0.941. The van der Waals surface area contributed by atoms with Gasteiger partial charge in [-0.05, 0) is 51.8 Å². The minimum atomic E-state index is -4.74. The number of H-pyrrole nitrogens is 1. The topological polar surface area (TPSA) is 110 Å². The van der Waals surface area contributed by atoms with Crippen LogP contribution in [0.15, 0.2) is 24.4 Å². The number of pyridine rings is 1. The van der Waals surface area contributed by atoms with E-state index in [4.69, 9.17) is 10.5 Å². The number of nitrogens with one attached hydrogen (secondary N) is 1. The van der Waals surface area contributed by atoms with Crippen LogP contribution >= 0.6 is 0 Å². The fourth-order valence-electron chi connectivity index (χ4n) is 4.04. The highest BCUT2D eigenvalue weighted by atomic mass is 19.4. The standard InChI is InChI=1S/C22H25F3N6O2/c1-21(2,3)33-20(32)31-9-5-7-13(11-31)16-15(22(23,24)25)17(30-19(26)29-16)14-10-12-6-4-8-27-18(12)28-14/h4,6,8,10,13H,5,7,9,11H2,1-3H3,(H,27,28)(H2,26,29,30). The highest BCUT2D eigenvalue weighted by Crippen LogP contribution is 2.42. The van der Waals surface area contributed by atoms with Gasteiger partial charge in [-0.3, -0.25) is 0 Å². The Kier molecular flexibility index (Phi) is 5.67. The van der Waals surface area contributed by atoms with E-state index < -0.39 is 29.4 Å². The molecule has 4 rings (SSSR count). The summed E-state index contributed by atoms with van der Waals surface area (Å²) in [5, 5.41) is 0.646. The second-order valence-electron chi connectivity index (χ2n) is 9.08. The number of aromatic nitrogens is 4. The SMILES string of the molecule is CC(C)(C)OC(=O)N1CCCC(c2nc(N)nc(-c3cc4cccnc4[nH]3)c2C(F)(F)F)C1. The van der Waals surface area contributed by atoms with E-state index in [0.717, 1.165) is 0 Å². The molecule has 11 heteroatoms. The lowest BCUT2D eigenvalue weighted by Crippen LogP contribution is -2.42.